The summed E-state index contributed by atoms with van der Waals surface area (Å²) in [6.07, 6.45) is -4.35. The Kier molecular flexibility index (Phi) is 4.74. The fourth-order valence-electron chi connectivity index (χ4n) is 1.81. The van der Waals surface area contributed by atoms with E-state index >= 15 is 0 Å². The molecule has 0 saturated heterocycles. The minimum absolute atomic E-state index is 0.0262. The average molecular weight is 378 g/mol. The summed E-state index contributed by atoms with van der Waals surface area (Å²) in [7, 11) is 0. The first-order valence-corrected chi connectivity index (χ1v) is 7.09. The second kappa shape index (κ2) is 6.20. The molecule has 0 fully saturated rings. The number of ketones is 1. The Labute approximate surface area is 132 Å². The Bertz CT molecular complexity index is 666. The fraction of sp³-hybridized carbons (Fsp3) is 0.133. The molecule has 2 aromatic rings. The van der Waals surface area contributed by atoms with Gasteiger partial charge in [0.15, 0.2) is 5.78 Å². The van der Waals surface area contributed by atoms with E-state index in [1.165, 1.54) is 12.1 Å². The maximum Gasteiger partial charge on any atom is 0.416 e. The van der Waals surface area contributed by atoms with Gasteiger partial charge in [0.1, 0.15) is 0 Å². The van der Waals surface area contributed by atoms with Gasteiger partial charge in [-0.3, -0.25) is 4.79 Å². The van der Waals surface area contributed by atoms with Gasteiger partial charge in [0.05, 0.1) is 5.56 Å². The molecule has 0 heterocycles. The predicted octanol–water partition coefficient (Wildman–Crippen LogP) is 5.55. The van der Waals surface area contributed by atoms with Crippen LogP contribution in [0.3, 0.4) is 0 Å². The van der Waals surface area contributed by atoms with Gasteiger partial charge in [-0.25, -0.2) is 0 Å². The molecule has 2 rings (SSSR count). The van der Waals surface area contributed by atoms with Crippen LogP contribution in [-0.4, -0.2) is 5.78 Å². The second-order valence-corrected chi connectivity index (χ2v) is 5.71. The maximum absolute atomic E-state index is 12.5. The molecular formula is C15H9BrClF3O. The van der Waals surface area contributed by atoms with Crippen LogP contribution in [0.15, 0.2) is 46.9 Å². The molecule has 0 aromatic heterocycles. The van der Waals surface area contributed by atoms with Crippen LogP contribution >= 0.6 is 27.5 Å². The third-order valence-electron chi connectivity index (χ3n) is 2.88. The third kappa shape index (κ3) is 4.08. The van der Waals surface area contributed by atoms with Gasteiger partial charge in [0, 0.05) is 21.5 Å². The summed E-state index contributed by atoms with van der Waals surface area (Å²) in [5.41, 5.74) is 0.237. The number of hydrogen-bond donors (Lipinski definition) is 0. The van der Waals surface area contributed by atoms with E-state index < -0.39 is 11.7 Å². The van der Waals surface area contributed by atoms with Crippen molar-refractivity contribution in [2.75, 3.05) is 0 Å². The Morgan fingerprint density at radius 2 is 1.71 bits per heavy atom. The van der Waals surface area contributed by atoms with E-state index in [9.17, 15) is 18.0 Å². The van der Waals surface area contributed by atoms with E-state index in [0.29, 0.717) is 20.6 Å². The molecular weight excluding hydrogens is 369 g/mol. The molecule has 0 radical (unpaired) electrons. The highest BCUT2D eigenvalue weighted by Crippen LogP contribution is 2.29. The van der Waals surface area contributed by atoms with Crippen LogP contribution in [0.25, 0.3) is 0 Å². The molecule has 2 aromatic carbocycles. The third-order valence-corrected chi connectivity index (χ3v) is 3.77. The first kappa shape index (κ1) is 16.0. The van der Waals surface area contributed by atoms with Gasteiger partial charge >= 0.3 is 6.18 Å². The summed E-state index contributed by atoms with van der Waals surface area (Å²) in [5.74, 6) is -0.196. The number of rotatable bonds is 3. The van der Waals surface area contributed by atoms with Crippen LogP contribution in [0, 0.1) is 0 Å². The zero-order valence-corrected chi connectivity index (χ0v) is 12.9. The van der Waals surface area contributed by atoms with E-state index in [4.69, 9.17) is 11.6 Å². The van der Waals surface area contributed by atoms with Crippen molar-refractivity contribution in [3.05, 3.63) is 68.7 Å². The zero-order chi connectivity index (χ0) is 15.6. The van der Waals surface area contributed by atoms with Crippen molar-refractivity contribution in [2.45, 2.75) is 12.6 Å². The van der Waals surface area contributed by atoms with Crippen molar-refractivity contribution in [1.29, 1.82) is 0 Å². The summed E-state index contributed by atoms with van der Waals surface area (Å²) in [6.45, 7) is 0. The fourth-order valence-corrected chi connectivity index (χ4v) is 2.71. The quantitative estimate of drug-likeness (QED) is 0.641. The maximum atomic E-state index is 12.5. The van der Waals surface area contributed by atoms with Gasteiger partial charge in [-0.1, -0.05) is 23.7 Å². The van der Waals surface area contributed by atoms with Crippen molar-refractivity contribution in [3.8, 4) is 0 Å². The van der Waals surface area contributed by atoms with Crippen molar-refractivity contribution in [2.24, 2.45) is 0 Å². The molecule has 0 spiro atoms. The van der Waals surface area contributed by atoms with Gasteiger partial charge in [-0.15, -0.1) is 0 Å². The average Bonchev–Trinajstić information content (AvgIpc) is 2.38. The normalized spacial score (nSPS) is 11.5. The minimum Gasteiger partial charge on any atom is -0.294 e. The highest BCUT2D eigenvalue weighted by Gasteiger charge is 2.30. The van der Waals surface area contributed by atoms with Crippen LogP contribution in [0.5, 0.6) is 0 Å². The largest absolute Gasteiger partial charge is 0.416 e. The van der Waals surface area contributed by atoms with Crippen LogP contribution in [0.4, 0.5) is 13.2 Å². The molecule has 0 aliphatic rings. The number of Topliss-reactive ketones (excluding diaryl/α,β-unsaturated/α-hetero) is 1. The van der Waals surface area contributed by atoms with Crippen LogP contribution in [0.1, 0.15) is 21.5 Å². The summed E-state index contributed by atoms with van der Waals surface area (Å²) < 4.78 is 37.9. The van der Waals surface area contributed by atoms with Gasteiger partial charge in [0.2, 0.25) is 0 Å². The highest BCUT2D eigenvalue weighted by molar-refractivity contribution is 9.10. The van der Waals surface area contributed by atoms with E-state index in [2.05, 4.69) is 15.9 Å². The molecule has 0 atom stereocenters. The number of carbonyl (C=O) groups excluding carboxylic acids is 1. The van der Waals surface area contributed by atoms with Gasteiger partial charge in [-0.2, -0.15) is 13.2 Å². The summed E-state index contributed by atoms with van der Waals surface area (Å²) in [4.78, 5) is 12.1. The standard InChI is InChI=1S/C15H9BrClF3O/c16-13-8-11(17)5-6-12(13)14(21)7-9-1-3-10(4-2-9)15(18,19)20/h1-6,8H,7H2. The predicted molar refractivity (Wildman–Crippen MR) is 78.6 cm³/mol. The number of carbonyl (C=O) groups is 1. The lowest BCUT2D eigenvalue weighted by atomic mass is 10.0. The number of halogens is 5. The van der Waals surface area contributed by atoms with E-state index in [1.54, 1.807) is 18.2 Å². The molecule has 0 bridgehead atoms. The first-order chi connectivity index (χ1) is 9.77. The lowest BCUT2D eigenvalue weighted by Crippen LogP contribution is -2.07. The molecule has 0 aliphatic carbocycles. The van der Waals surface area contributed by atoms with E-state index in [-0.39, 0.29) is 12.2 Å². The molecule has 0 aliphatic heterocycles. The van der Waals surface area contributed by atoms with E-state index in [0.717, 1.165) is 12.1 Å². The van der Waals surface area contributed by atoms with Crippen molar-refractivity contribution >= 4 is 33.3 Å². The summed E-state index contributed by atoms with van der Waals surface area (Å²) in [5, 5.41) is 0.493. The van der Waals surface area contributed by atoms with Crippen molar-refractivity contribution in [1.82, 2.24) is 0 Å². The summed E-state index contributed by atoms with van der Waals surface area (Å²) >= 11 is 9.04. The molecule has 0 N–H and O–H groups in total. The molecule has 0 unspecified atom stereocenters. The van der Waals surface area contributed by atoms with Crippen molar-refractivity contribution < 1.29 is 18.0 Å². The topological polar surface area (TPSA) is 17.1 Å². The SMILES string of the molecule is O=C(Cc1ccc(C(F)(F)F)cc1)c1ccc(Cl)cc1Br. The number of alkyl halides is 3. The molecule has 110 valence electrons. The number of hydrogen-bond acceptors (Lipinski definition) is 1. The first-order valence-electron chi connectivity index (χ1n) is 5.92. The molecule has 21 heavy (non-hydrogen) atoms. The minimum atomic E-state index is -4.37. The Hall–Kier alpha value is -1.33. The van der Waals surface area contributed by atoms with Gasteiger partial charge in [-0.05, 0) is 51.8 Å². The Balaban J connectivity index is 2.16. The van der Waals surface area contributed by atoms with Crippen molar-refractivity contribution in [3.63, 3.8) is 0 Å². The smallest absolute Gasteiger partial charge is 0.294 e. The molecule has 6 heteroatoms. The van der Waals surface area contributed by atoms with E-state index in [1.807, 2.05) is 0 Å². The highest BCUT2D eigenvalue weighted by atomic mass is 79.9. The monoisotopic (exact) mass is 376 g/mol. The lowest BCUT2D eigenvalue weighted by molar-refractivity contribution is -0.137. The van der Waals surface area contributed by atoms with Gasteiger partial charge < -0.3 is 0 Å². The summed E-state index contributed by atoms with van der Waals surface area (Å²) in [6, 6.07) is 9.33. The van der Waals surface area contributed by atoms with Crippen LogP contribution in [0.2, 0.25) is 5.02 Å². The zero-order valence-electron chi connectivity index (χ0n) is 10.5. The lowest BCUT2D eigenvalue weighted by Gasteiger charge is -2.08. The second-order valence-electron chi connectivity index (χ2n) is 4.42. The number of benzene rings is 2. The molecule has 0 saturated carbocycles. The molecule has 0 amide bonds. The molecule has 1 nitrogen and oxygen atoms in total. The Morgan fingerprint density at radius 1 is 1.10 bits per heavy atom. The van der Waals surface area contributed by atoms with Gasteiger partial charge in [0.25, 0.3) is 0 Å². The van der Waals surface area contributed by atoms with Crippen LogP contribution in [-0.2, 0) is 12.6 Å². The Morgan fingerprint density at radius 3 is 2.24 bits per heavy atom. The van der Waals surface area contributed by atoms with Crippen LogP contribution < -0.4 is 0 Å².